The number of halogens is 1. The molecule has 1 saturated heterocycles. The van der Waals surface area contributed by atoms with E-state index in [0.29, 0.717) is 17.8 Å². The molecule has 4 aromatic rings. The van der Waals surface area contributed by atoms with Crippen molar-refractivity contribution < 1.29 is 13.7 Å². The van der Waals surface area contributed by atoms with Gasteiger partial charge in [-0.15, -0.1) is 16.4 Å². The molecule has 3 aromatic heterocycles. The lowest BCUT2D eigenvalue weighted by Gasteiger charge is -2.32. The fourth-order valence-electron chi connectivity index (χ4n) is 3.77. The molecule has 2 N–H and O–H groups in total. The molecule has 0 atom stereocenters. The molecule has 5 rings (SSSR count). The number of aryl methyl sites for hydroxylation is 2. The third-order valence-corrected chi connectivity index (χ3v) is 7.51. The minimum Gasteiger partial charge on any atom is -0.399 e. The molecule has 0 unspecified atom stereocenters. The Labute approximate surface area is 195 Å². The zero-order valence-corrected chi connectivity index (χ0v) is 19.7. The molecule has 8 nitrogen and oxygen atoms in total. The Hall–Kier alpha value is -2.89. The van der Waals surface area contributed by atoms with Gasteiger partial charge in [0.2, 0.25) is 5.95 Å². The van der Waals surface area contributed by atoms with Crippen LogP contribution in [0.25, 0.3) is 20.7 Å². The summed E-state index contributed by atoms with van der Waals surface area (Å²) < 4.78 is 30.5. The van der Waals surface area contributed by atoms with E-state index in [1.165, 1.54) is 11.3 Å². The first-order valence-corrected chi connectivity index (χ1v) is 11.5. The maximum Gasteiger partial charge on any atom is 0.496 e. The third kappa shape index (κ3) is 3.90. The average molecular weight is 466 g/mol. The number of benzene rings is 1. The number of nitrogens with zero attached hydrogens (tertiary/aromatic N) is 5. The van der Waals surface area contributed by atoms with Crippen molar-refractivity contribution in [2.24, 2.45) is 0 Å². The van der Waals surface area contributed by atoms with Gasteiger partial charge in [-0.2, -0.15) is 0 Å². The normalized spacial score (nSPS) is 17.2. The molecule has 0 radical (unpaired) electrons. The van der Waals surface area contributed by atoms with Crippen molar-refractivity contribution in [2.45, 2.75) is 51.9 Å². The first-order valence-electron chi connectivity index (χ1n) is 10.7. The molecule has 4 heterocycles. The minimum absolute atomic E-state index is 0.0311. The second kappa shape index (κ2) is 7.86. The molecule has 0 amide bonds. The first-order chi connectivity index (χ1) is 15.6. The highest BCUT2D eigenvalue weighted by molar-refractivity contribution is 7.23. The van der Waals surface area contributed by atoms with Crippen molar-refractivity contribution in [2.75, 3.05) is 5.73 Å². The first kappa shape index (κ1) is 21.9. The fraction of sp³-hybridized carbons (Fsp3) is 0.364. The maximum absolute atomic E-state index is 15.4. The maximum atomic E-state index is 15.4. The summed E-state index contributed by atoms with van der Waals surface area (Å²) in [5.74, 6) is -0.448. The van der Waals surface area contributed by atoms with E-state index in [9.17, 15) is 0 Å². The molecule has 1 aliphatic heterocycles. The Bertz CT molecular complexity index is 1310. The topological polar surface area (TPSA) is 101 Å². The molecule has 0 bridgehead atoms. The lowest BCUT2D eigenvalue weighted by atomic mass is 9.78. The van der Waals surface area contributed by atoms with Gasteiger partial charge in [-0.1, -0.05) is 23.4 Å². The van der Waals surface area contributed by atoms with Gasteiger partial charge in [-0.25, -0.2) is 14.4 Å². The summed E-state index contributed by atoms with van der Waals surface area (Å²) in [5, 5.41) is 8.64. The van der Waals surface area contributed by atoms with E-state index in [1.807, 2.05) is 52.0 Å². The second-order valence-electron chi connectivity index (χ2n) is 9.07. The van der Waals surface area contributed by atoms with Crippen molar-refractivity contribution in [1.82, 2.24) is 25.0 Å². The zero-order chi connectivity index (χ0) is 23.4. The van der Waals surface area contributed by atoms with Crippen LogP contribution in [0.4, 0.5) is 10.3 Å². The summed E-state index contributed by atoms with van der Waals surface area (Å²) in [6.45, 7) is 8.52. The van der Waals surface area contributed by atoms with Crippen LogP contribution >= 0.6 is 11.3 Å². The van der Waals surface area contributed by atoms with E-state index in [4.69, 9.17) is 15.0 Å². The van der Waals surface area contributed by atoms with E-state index in [0.717, 1.165) is 15.5 Å². The molecule has 1 fully saturated rings. The van der Waals surface area contributed by atoms with Crippen LogP contribution < -0.4 is 11.2 Å². The molecule has 170 valence electrons. The Morgan fingerprint density at radius 1 is 1.15 bits per heavy atom. The minimum atomic E-state index is -0.510. The summed E-state index contributed by atoms with van der Waals surface area (Å²) in [6, 6.07) is 7.84. The number of rotatable bonds is 5. The predicted octanol–water partition coefficient (Wildman–Crippen LogP) is 3.21. The fourth-order valence-corrected chi connectivity index (χ4v) is 4.94. The number of fused-ring (bicyclic) bond motifs is 1. The van der Waals surface area contributed by atoms with Crippen LogP contribution in [0.15, 0.2) is 36.7 Å². The van der Waals surface area contributed by atoms with Crippen LogP contribution in [0, 0.1) is 5.82 Å². The summed E-state index contributed by atoms with van der Waals surface area (Å²) in [6.07, 6.45) is 3.61. The second-order valence-corrected chi connectivity index (χ2v) is 10.1. The van der Waals surface area contributed by atoms with Crippen LogP contribution in [-0.4, -0.2) is 43.3 Å². The van der Waals surface area contributed by atoms with Gasteiger partial charge in [0.15, 0.2) is 5.82 Å². The molecule has 33 heavy (non-hydrogen) atoms. The lowest BCUT2D eigenvalue weighted by Crippen LogP contribution is -2.41. The summed E-state index contributed by atoms with van der Waals surface area (Å²) in [5.41, 5.74) is 6.39. The Morgan fingerprint density at radius 3 is 2.61 bits per heavy atom. The van der Waals surface area contributed by atoms with Gasteiger partial charge in [0.1, 0.15) is 5.69 Å². The molecular formula is C22H24BFN6O2S. The Balaban J connectivity index is 1.52. The Morgan fingerprint density at radius 2 is 1.91 bits per heavy atom. The van der Waals surface area contributed by atoms with E-state index < -0.39 is 24.1 Å². The van der Waals surface area contributed by atoms with Gasteiger partial charge < -0.3 is 15.0 Å². The molecule has 0 aliphatic carbocycles. The van der Waals surface area contributed by atoms with Crippen LogP contribution in [0.5, 0.6) is 0 Å². The smallest absolute Gasteiger partial charge is 0.399 e. The largest absolute Gasteiger partial charge is 0.496 e. The van der Waals surface area contributed by atoms with E-state index >= 15 is 4.39 Å². The van der Waals surface area contributed by atoms with Crippen molar-refractivity contribution in [3.8, 4) is 10.6 Å². The number of hydrogen-bond donors (Lipinski definition) is 1. The number of aromatic nitrogens is 5. The molecule has 0 spiro atoms. The highest BCUT2D eigenvalue weighted by Crippen LogP contribution is 2.39. The van der Waals surface area contributed by atoms with Crippen molar-refractivity contribution in [3.05, 3.63) is 48.2 Å². The summed E-state index contributed by atoms with van der Waals surface area (Å²) >= 11 is 1.44. The number of thiophene rings is 1. The van der Waals surface area contributed by atoms with E-state index in [2.05, 4.69) is 20.3 Å². The quantitative estimate of drug-likeness (QED) is 0.451. The SMILES string of the molecule is CC1(C)OB(c2cccc3cc(-c4nc(N)nc(CCn5ccnn5)c4F)sc23)OC1(C)C. The van der Waals surface area contributed by atoms with Gasteiger partial charge >= 0.3 is 7.12 Å². The van der Waals surface area contributed by atoms with Gasteiger partial charge in [-0.3, -0.25) is 4.68 Å². The highest BCUT2D eigenvalue weighted by atomic mass is 32.1. The number of hydrogen-bond acceptors (Lipinski definition) is 8. The van der Waals surface area contributed by atoms with Gasteiger partial charge in [0.05, 0.1) is 28.0 Å². The van der Waals surface area contributed by atoms with E-state index in [1.54, 1.807) is 17.1 Å². The van der Waals surface area contributed by atoms with Crippen molar-refractivity contribution in [1.29, 1.82) is 0 Å². The van der Waals surface area contributed by atoms with E-state index in [-0.39, 0.29) is 17.3 Å². The van der Waals surface area contributed by atoms with Crippen LogP contribution in [0.1, 0.15) is 33.4 Å². The molecule has 11 heteroatoms. The predicted molar refractivity (Wildman–Crippen MR) is 127 cm³/mol. The van der Waals surface area contributed by atoms with Gasteiger partial charge in [0, 0.05) is 29.3 Å². The van der Waals surface area contributed by atoms with Crippen LogP contribution in [0.2, 0.25) is 0 Å². The standard InChI is InChI=1S/C22H24BFN6O2S/c1-21(2)22(3,4)32-23(31-21)14-7-5-6-13-12-16(33-19(13)14)18-17(24)15(27-20(25)28-18)8-10-30-11-9-26-29-30/h5-7,9,11-12H,8,10H2,1-4H3,(H2,25,27,28). The highest BCUT2D eigenvalue weighted by Gasteiger charge is 2.52. The van der Waals surface area contributed by atoms with Crippen LogP contribution in [-0.2, 0) is 22.3 Å². The zero-order valence-electron chi connectivity index (χ0n) is 18.9. The monoisotopic (exact) mass is 466 g/mol. The van der Waals surface area contributed by atoms with Gasteiger partial charge in [0.25, 0.3) is 0 Å². The number of nitrogens with two attached hydrogens (primary N) is 1. The summed E-state index contributed by atoms with van der Waals surface area (Å²) in [7, 11) is -0.510. The van der Waals surface area contributed by atoms with Crippen molar-refractivity contribution in [3.63, 3.8) is 0 Å². The van der Waals surface area contributed by atoms with Crippen LogP contribution in [0.3, 0.4) is 0 Å². The molecule has 0 saturated carbocycles. The number of nitrogen functional groups attached to an aromatic ring is 1. The molecule has 1 aliphatic rings. The average Bonchev–Trinajstić information content (AvgIpc) is 3.46. The molecule has 1 aromatic carbocycles. The summed E-state index contributed by atoms with van der Waals surface area (Å²) in [4.78, 5) is 9.01. The van der Waals surface area contributed by atoms with Gasteiger partial charge in [-0.05, 0) is 39.1 Å². The molecular weight excluding hydrogens is 442 g/mol. The Kier molecular flexibility index (Phi) is 5.22. The van der Waals surface area contributed by atoms with Crippen molar-refractivity contribution >= 4 is 40.0 Å². The third-order valence-electron chi connectivity index (χ3n) is 6.30. The number of anilines is 1. The lowest BCUT2D eigenvalue weighted by molar-refractivity contribution is 0.00578.